The summed E-state index contributed by atoms with van der Waals surface area (Å²) in [5.74, 6) is -1.06. The van der Waals surface area contributed by atoms with E-state index >= 15 is 0 Å². The van der Waals surface area contributed by atoms with Crippen LogP contribution >= 0.6 is 0 Å². The molecule has 1 saturated heterocycles. The molecule has 2 aromatic rings. The highest BCUT2D eigenvalue weighted by molar-refractivity contribution is 5.91. The second kappa shape index (κ2) is 14.0. The van der Waals surface area contributed by atoms with Crippen LogP contribution in [0.4, 0.5) is 0 Å². The minimum atomic E-state index is -0.711. The monoisotopic (exact) mass is 538 g/mol. The number of aryl methyl sites for hydroxylation is 1. The van der Waals surface area contributed by atoms with Crippen LogP contribution in [0.3, 0.4) is 0 Å². The highest BCUT2D eigenvalue weighted by atomic mass is 16.5. The van der Waals surface area contributed by atoms with Crippen LogP contribution in [0.15, 0.2) is 30.5 Å². The van der Waals surface area contributed by atoms with E-state index < -0.39 is 12.0 Å². The standard InChI is InChI=1S/C31H46N4O4/c1-22(2)18-23(20-29(36)39-25-12-16-34(3)17-13-25)30(37)33-27-19-24-21-35(28-11-7-6-10-26(24)28)15-9-5-4-8-14-32-31(27)38/h6-7,10-11,21-23,25,27H,4-5,8-9,12-20H2,1-3H3,(H,32,38)(H,33,37)/t23-,27?/m1/s1. The fourth-order valence-electron chi connectivity index (χ4n) is 5.87. The predicted octanol–water partition coefficient (Wildman–Crippen LogP) is 4.05. The van der Waals surface area contributed by atoms with Crippen molar-refractivity contribution in [2.45, 2.75) is 90.3 Å². The number of rotatable bonds is 7. The fourth-order valence-corrected chi connectivity index (χ4v) is 5.87. The molecule has 1 aromatic carbocycles. The molecule has 2 bridgehead atoms. The molecule has 1 fully saturated rings. The lowest BCUT2D eigenvalue weighted by Crippen LogP contribution is -2.50. The van der Waals surface area contributed by atoms with Gasteiger partial charge in [0.1, 0.15) is 12.1 Å². The van der Waals surface area contributed by atoms with Gasteiger partial charge in [-0.25, -0.2) is 0 Å². The summed E-state index contributed by atoms with van der Waals surface area (Å²) < 4.78 is 8.03. The highest BCUT2D eigenvalue weighted by Gasteiger charge is 2.30. The molecule has 2 aliphatic heterocycles. The number of aromatic nitrogens is 1. The highest BCUT2D eigenvalue weighted by Crippen LogP contribution is 2.25. The lowest BCUT2D eigenvalue weighted by atomic mass is 9.92. The topological polar surface area (TPSA) is 92.7 Å². The predicted molar refractivity (Wildman–Crippen MR) is 153 cm³/mol. The normalized spacial score (nSPS) is 20.9. The largest absolute Gasteiger partial charge is 0.462 e. The quantitative estimate of drug-likeness (QED) is 0.519. The van der Waals surface area contributed by atoms with Crippen LogP contribution in [-0.4, -0.2) is 66.1 Å². The Bertz CT molecular complexity index is 1120. The lowest BCUT2D eigenvalue weighted by Gasteiger charge is -2.29. The lowest BCUT2D eigenvalue weighted by molar-refractivity contribution is -0.154. The first-order valence-corrected chi connectivity index (χ1v) is 14.8. The Labute approximate surface area is 232 Å². The minimum absolute atomic E-state index is 0.0317. The van der Waals surface area contributed by atoms with Gasteiger partial charge in [-0.3, -0.25) is 14.4 Å². The maximum Gasteiger partial charge on any atom is 0.306 e. The van der Waals surface area contributed by atoms with Gasteiger partial charge >= 0.3 is 5.97 Å². The summed E-state index contributed by atoms with van der Waals surface area (Å²) >= 11 is 0. The van der Waals surface area contributed by atoms with Crippen LogP contribution in [0.5, 0.6) is 0 Å². The van der Waals surface area contributed by atoms with Crippen molar-refractivity contribution in [3.8, 4) is 0 Å². The van der Waals surface area contributed by atoms with Crippen LogP contribution in [-0.2, 0) is 32.1 Å². The molecule has 1 unspecified atom stereocenters. The zero-order chi connectivity index (χ0) is 27.8. The third-order valence-corrected chi connectivity index (χ3v) is 8.06. The molecule has 1 aromatic heterocycles. The first-order chi connectivity index (χ1) is 18.8. The molecule has 2 atom stereocenters. The number of nitrogens with one attached hydrogen (secondary N) is 2. The number of carbonyl (C=O) groups excluding carboxylic acids is 3. The van der Waals surface area contributed by atoms with Crippen molar-refractivity contribution in [3.63, 3.8) is 0 Å². The number of nitrogens with zero attached hydrogens (tertiary/aromatic N) is 2. The number of likely N-dealkylation sites (tertiary alicyclic amines) is 1. The van der Waals surface area contributed by atoms with Gasteiger partial charge < -0.3 is 24.8 Å². The number of amides is 2. The van der Waals surface area contributed by atoms with Crippen molar-refractivity contribution in [3.05, 3.63) is 36.0 Å². The maximum absolute atomic E-state index is 13.6. The van der Waals surface area contributed by atoms with Gasteiger partial charge in [-0.15, -0.1) is 0 Å². The number of esters is 1. The summed E-state index contributed by atoms with van der Waals surface area (Å²) in [4.78, 5) is 42.0. The molecule has 3 heterocycles. The molecular weight excluding hydrogens is 492 g/mol. The molecule has 8 heteroatoms. The SMILES string of the molecule is CC(C)C[C@H](CC(=O)OC1CCN(C)CC1)C(=O)NC1Cc2cn(c3ccccc23)CCCCCCNC1=O. The second-order valence-electron chi connectivity index (χ2n) is 11.9. The van der Waals surface area contributed by atoms with Gasteiger partial charge in [-0.05, 0) is 56.7 Å². The zero-order valence-corrected chi connectivity index (χ0v) is 23.9. The third-order valence-electron chi connectivity index (χ3n) is 8.06. The van der Waals surface area contributed by atoms with Gasteiger partial charge in [0, 0.05) is 55.6 Å². The van der Waals surface area contributed by atoms with E-state index in [0.29, 0.717) is 19.4 Å². The van der Waals surface area contributed by atoms with Crippen LogP contribution in [0.25, 0.3) is 10.9 Å². The van der Waals surface area contributed by atoms with Crippen molar-refractivity contribution < 1.29 is 19.1 Å². The molecule has 0 radical (unpaired) electrons. The van der Waals surface area contributed by atoms with Gasteiger partial charge in [0.05, 0.1) is 6.42 Å². The molecule has 0 spiro atoms. The summed E-state index contributed by atoms with van der Waals surface area (Å²) in [5, 5.41) is 7.21. The molecular formula is C31H46N4O4. The number of fused-ring (bicyclic) bond motifs is 5. The third kappa shape index (κ3) is 8.31. The van der Waals surface area contributed by atoms with Gasteiger partial charge in [-0.1, -0.05) is 44.9 Å². The van der Waals surface area contributed by atoms with E-state index in [-0.39, 0.29) is 36.2 Å². The molecule has 0 aliphatic carbocycles. The van der Waals surface area contributed by atoms with Crippen molar-refractivity contribution in [1.82, 2.24) is 20.1 Å². The van der Waals surface area contributed by atoms with Crippen LogP contribution in [0.1, 0.15) is 70.8 Å². The van der Waals surface area contributed by atoms with Crippen molar-refractivity contribution in [1.29, 1.82) is 0 Å². The fraction of sp³-hybridized carbons (Fsp3) is 0.645. The zero-order valence-electron chi connectivity index (χ0n) is 23.9. The van der Waals surface area contributed by atoms with Crippen LogP contribution < -0.4 is 10.6 Å². The molecule has 0 saturated carbocycles. The number of ether oxygens (including phenoxy) is 1. The minimum Gasteiger partial charge on any atom is -0.462 e. The smallest absolute Gasteiger partial charge is 0.306 e. The maximum atomic E-state index is 13.6. The van der Waals surface area contributed by atoms with Crippen LogP contribution in [0, 0.1) is 11.8 Å². The van der Waals surface area contributed by atoms with E-state index in [4.69, 9.17) is 4.74 Å². The second-order valence-corrected chi connectivity index (χ2v) is 11.9. The van der Waals surface area contributed by atoms with Gasteiger partial charge in [0.15, 0.2) is 0 Å². The van der Waals surface area contributed by atoms with E-state index in [9.17, 15) is 14.4 Å². The van der Waals surface area contributed by atoms with E-state index in [1.54, 1.807) is 0 Å². The summed E-state index contributed by atoms with van der Waals surface area (Å²) in [6, 6.07) is 7.55. The van der Waals surface area contributed by atoms with E-state index in [0.717, 1.165) is 74.6 Å². The number of piperidine rings is 1. The average molecular weight is 539 g/mol. The number of para-hydroxylation sites is 1. The Balaban J connectivity index is 1.49. The molecule has 2 N–H and O–H groups in total. The van der Waals surface area contributed by atoms with E-state index in [1.807, 2.05) is 26.0 Å². The van der Waals surface area contributed by atoms with E-state index in [2.05, 4.69) is 45.5 Å². The van der Waals surface area contributed by atoms with Crippen LogP contribution in [0.2, 0.25) is 0 Å². The number of benzene rings is 1. The first-order valence-electron chi connectivity index (χ1n) is 14.8. The Morgan fingerprint density at radius 1 is 1.08 bits per heavy atom. The number of carbonyl (C=O) groups is 3. The summed E-state index contributed by atoms with van der Waals surface area (Å²) in [5.41, 5.74) is 2.21. The Morgan fingerprint density at radius 3 is 2.59 bits per heavy atom. The summed E-state index contributed by atoms with van der Waals surface area (Å²) in [7, 11) is 2.07. The molecule has 39 heavy (non-hydrogen) atoms. The van der Waals surface area contributed by atoms with Gasteiger partial charge in [0.25, 0.3) is 0 Å². The molecule has 8 nitrogen and oxygen atoms in total. The summed E-state index contributed by atoms with van der Waals surface area (Å²) in [6.07, 6.45) is 8.86. The molecule has 2 amide bonds. The number of hydrogen-bond acceptors (Lipinski definition) is 5. The first kappa shape index (κ1) is 29.1. The average Bonchev–Trinajstić information content (AvgIpc) is 3.25. The molecule has 2 aliphatic rings. The Kier molecular flexibility index (Phi) is 10.4. The Morgan fingerprint density at radius 2 is 1.82 bits per heavy atom. The van der Waals surface area contributed by atoms with Gasteiger partial charge in [0.2, 0.25) is 11.8 Å². The Hall–Kier alpha value is -2.87. The van der Waals surface area contributed by atoms with E-state index in [1.165, 1.54) is 0 Å². The van der Waals surface area contributed by atoms with Gasteiger partial charge in [-0.2, -0.15) is 0 Å². The van der Waals surface area contributed by atoms with Crippen molar-refractivity contribution in [2.24, 2.45) is 11.8 Å². The van der Waals surface area contributed by atoms with Crippen molar-refractivity contribution in [2.75, 3.05) is 26.7 Å². The summed E-state index contributed by atoms with van der Waals surface area (Å²) in [6.45, 7) is 7.44. The molecule has 4 rings (SSSR count). The molecule has 214 valence electrons. The number of hydrogen-bond donors (Lipinski definition) is 2. The van der Waals surface area contributed by atoms with Crippen molar-refractivity contribution >= 4 is 28.7 Å².